The van der Waals surface area contributed by atoms with Crippen molar-refractivity contribution in [2.24, 2.45) is 0 Å². The van der Waals surface area contributed by atoms with Crippen molar-refractivity contribution < 1.29 is 9.53 Å². The molecule has 0 saturated heterocycles. The van der Waals surface area contributed by atoms with E-state index in [1.807, 2.05) is 30.3 Å². The van der Waals surface area contributed by atoms with E-state index >= 15 is 0 Å². The lowest BCUT2D eigenvalue weighted by Crippen LogP contribution is -2.00. The molecule has 3 aromatic carbocycles. The predicted molar refractivity (Wildman–Crippen MR) is 87.8 cm³/mol. The van der Waals surface area contributed by atoms with Gasteiger partial charge in [-0.05, 0) is 60.7 Å². The molecule has 0 fully saturated rings. The topological polar surface area (TPSA) is 26.3 Å². The molecule has 0 aliphatic heterocycles. The third-order valence-electron chi connectivity index (χ3n) is 3.20. The van der Waals surface area contributed by atoms with Crippen LogP contribution in [-0.2, 0) is 0 Å². The van der Waals surface area contributed by atoms with Gasteiger partial charge in [0.05, 0.1) is 0 Å². The number of halogens is 1. The lowest BCUT2D eigenvalue weighted by molar-refractivity contribution is 0.103. The fourth-order valence-corrected chi connectivity index (χ4v) is 2.19. The Kier molecular flexibility index (Phi) is 4.22. The highest BCUT2D eigenvalue weighted by Gasteiger charge is 2.09. The number of benzene rings is 3. The van der Waals surface area contributed by atoms with Crippen LogP contribution in [0.25, 0.3) is 0 Å². The van der Waals surface area contributed by atoms with E-state index in [4.69, 9.17) is 16.3 Å². The number of hydrogen-bond donors (Lipinski definition) is 0. The Hall–Kier alpha value is -2.58. The van der Waals surface area contributed by atoms with Gasteiger partial charge in [0, 0.05) is 16.1 Å². The Balaban J connectivity index is 1.76. The van der Waals surface area contributed by atoms with Gasteiger partial charge in [-0.15, -0.1) is 0 Å². The first-order valence-electron chi connectivity index (χ1n) is 6.85. The summed E-state index contributed by atoms with van der Waals surface area (Å²) in [6, 6.07) is 23.5. The van der Waals surface area contributed by atoms with Gasteiger partial charge in [-0.1, -0.05) is 29.8 Å². The summed E-state index contributed by atoms with van der Waals surface area (Å²) in [5.74, 6) is 1.42. The summed E-state index contributed by atoms with van der Waals surface area (Å²) in [7, 11) is 0. The molecular weight excluding hydrogens is 296 g/mol. The molecule has 3 heteroatoms. The van der Waals surface area contributed by atoms with Gasteiger partial charge in [0.15, 0.2) is 5.78 Å². The van der Waals surface area contributed by atoms with Gasteiger partial charge in [-0.2, -0.15) is 0 Å². The predicted octanol–water partition coefficient (Wildman–Crippen LogP) is 5.36. The van der Waals surface area contributed by atoms with Gasteiger partial charge < -0.3 is 4.74 Å². The summed E-state index contributed by atoms with van der Waals surface area (Å²) in [5.41, 5.74) is 1.23. The van der Waals surface area contributed by atoms with E-state index in [9.17, 15) is 4.79 Å². The zero-order chi connectivity index (χ0) is 15.4. The first kappa shape index (κ1) is 14.4. The summed E-state index contributed by atoms with van der Waals surface area (Å²) in [6.45, 7) is 0. The Morgan fingerprint density at radius 2 is 1.18 bits per heavy atom. The third-order valence-corrected chi connectivity index (χ3v) is 3.45. The molecule has 0 heterocycles. The molecule has 0 spiro atoms. The summed E-state index contributed by atoms with van der Waals surface area (Å²) >= 11 is 5.83. The minimum absolute atomic E-state index is 0.0390. The van der Waals surface area contributed by atoms with Crippen LogP contribution in [0.15, 0.2) is 78.9 Å². The zero-order valence-corrected chi connectivity index (χ0v) is 12.5. The quantitative estimate of drug-likeness (QED) is 0.606. The number of rotatable bonds is 4. The van der Waals surface area contributed by atoms with Gasteiger partial charge in [0.2, 0.25) is 0 Å². The SMILES string of the molecule is O=C(c1ccc(Cl)cc1)c1ccc(Oc2ccccc2)cc1. The molecule has 3 aromatic rings. The van der Waals surface area contributed by atoms with Crippen LogP contribution in [0.3, 0.4) is 0 Å². The van der Waals surface area contributed by atoms with Crippen molar-refractivity contribution in [3.63, 3.8) is 0 Å². The molecule has 0 amide bonds. The van der Waals surface area contributed by atoms with Crippen LogP contribution in [0.4, 0.5) is 0 Å². The standard InChI is InChI=1S/C19H13ClO2/c20-16-10-6-14(7-11-16)19(21)15-8-12-18(13-9-15)22-17-4-2-1-3-5-17/h1-13H. The van der Waals surface area contributed by atoms with E-state index in [1.54, 1.807) is 48.5 Å². The van der Waals surface area contributed by atoms with E-state index < -0.39 is 0 Å². The maximum Gasteiger partial charge on any atom is 0.193 e. The third kappa shape index (κ3) is 3.35. The lowest BCUT2D eigenvalue weighted by atomic mass is 10.0. The summed E-state index contributed by atoms with van der Waals surface area (Å²) in [6.07, 6.45) is 0. The first-order valence-corrected chi connectivity index (χ1v) is 7.23. The highest BCUT2D eigenvalue weighted by atomic mass is 35.5. The lowest BCUT2D eigenvalue weighted by Gasteiger charge is -2.06. The van der Waals surface area contributed by atoms with Crippen molar-refractivity contribution in [1.82, 2.24) is 0 Å². The average Bonchev–Trinajstić information content (AvgIpc) is 2.57. The molecule has 0 bridgehead atoms. The molecule has 0 atom stereocenters. The Bertz CT molecular complexity index is 763. The van der Waals surface area contributed by atoms with E-state index in [1.165, 1.54) is 0 Å². The van der Waals surface area contributed by atoms with Crippen molar-refractivity contribution in [2.45, 2.75) is 0 Å². The molecule has 2 nitrogen and oxygen atoms in total. The molecule has 3 rings (SSSR count). The van der Waals surface area contributed by atoms with Crippen LogP contribution in [0.2, 0.25) is 5.02 Å². The molecule has 0 N–H and O–H groups in total. The highest BCUT2D eigenvalue weighted by Crippen LogP contribution is 2.22. The van der Waals surface area contributed by atoms with Gasteiger partial charge in [-0.3, -0.25) is 4.79 Å². The van der Waals surface area contributed by atoms with Gasteiger partial charge in [0.1, 0.15) is 11.5 Å². The Labute approximate surface area is 133 Å². The maximum absolute atomic E-state index is 12.3. The highest BCUT2D eigenvalue weighted by molar-refractivity contribution is 6.30. The number of carbonyl (C=O) groups is 1. The van der Waals surface area contributed by atoms with Gasteiger partial charge in [-0.25, -0.2) is 0 Å². The fraction of sp³-hybridized carbons (Fsp3) is 0. The van der Waals surface area contributed by atoms with Crippen LogP contribution in [-0.4, -0.2) is 5.78 Å². The number of carbonyl (C=O) groups excluding carboxylic acids is 1. The monoisotopic (exact) mass is 308 g/mol. The molecular formula is C19H13ClO2. The normalized spacial score (nSPS) is 10.2. The van der Waals surface area contributed by atoms with E-state index in [0.29, 0.717) is 21.9 Å². The van der Waals surface area contributed by atoms with Crippen molar-refractivity contribution in [1.29, 1.82) is 0 Å². The number of ether oxygens (including phenoxy) is 1. The van der Waals surface area contributed by atoms with E-state index in [-0.39, 0.29) is 5.78 Å². The second kappa shape index (κ2) is 6.46. The van der Waals surface area contributed by atoms with Crippen molar-refractivity contribution in [3.05, 3.63) is 95.0 Å². The smallest absolute Gasteiger partial charge is 0.193 e. The van der Waals surface area contributed by atoms with Crippen LogP contribution in [0.1, 0.15) is 15.9 Å². The molecule has 108 valence electrons. The van der Waals surface area contributed by atoms with Crippen LogP contribution in [0, 0.1) is 0 Å². The van der Waals surface area contributed by atoms with Crippen molar-refractivity contribution in [3.8, 4) is 11.5 Å². The number of hydrogen-bond acceptors (Lipinski definition) is 2. The second-order valence-corrected chi connectivity index (χ2v) is 5.21. The molecule has 0 unspecified atom stereocenters. The molecule has 0 saturated carbocycles. The maximum atomic E-state index is 12.3. The molecule has 0 radical (unpaired) electrons. The number of ketones is 1. The Morgan fingerprint density at radius 1 is 0.682 bits per heavy atom. The second-order valence-electron chi connectivity index (χ2n) is 4.78. The van der Waals surface area contributed by atoms with Crippen molar-refractivity contribution >= 4 is 17.4 Å². The molecule has 0 aliphatic carbocycles. The fourth-order valence-electron chi connectivity index (χ4n) is 2.07. The van der Waals surface area contributed by atoms with E-state index in [0.717, 1.165) is 5.75 Å². The minimum atomic E-state index is -0.0390. The van der Waals surface area contributed by atoms with Gasteiger partial charge in [0.25, 0.3) is 0 Å². The van der Waals surface area contributed by atoms with Gasteiger partial charge >= 0.3 is 0 Å². The van der Waals surface area contributed by atoms with Crippen LogP contribution < -0.4 is 4.74 Å². The summed E-state index contributed by atoms with van der Waals surface area (Å²) in [4.78, 5) is 12.3. The van der Waals surface area contributed by atoms with Crippen LogP contribution >= 0.6 is 11.6 Å². The summed E-state index contributed by atoms with van der Waals surface area (Å²) < 4.78 is 5.71. The average molecular weight is 309 g/mol. The molecule has 0 aliphatic rings. The van der Waals surface area contributed by atoms with E-state index in [2.05, 4.69) is 0 Å². The van der Waals surface area contributed by atoms with Crippen LogP contribution in [0.5, 0.6) is 11.5 Å². The zero-order valence-electron chi connectivity index (χ0n) is 11.7. The molecule has 0 aromatic heterocycles. The summed E-state index contributed by atoms with van der Waals surface area (Å²) in [5, 5.41) is 0.614. The first-order chi connectivity index (χ1) is 10.7. The minimum Gasteiger partial charge on any atom is -0.457 e. The largest absolute Gasteiger partial charge is 0.457 e. The van der Waals surface area contributed by atoms with Crippen molar-refractivity contribution in [2.75, 3.05) is 0 Å². The Morgan fingerprint density at radius 3 is 1.77 bits per heavy atom. The molecule has 22 heavy (non-hydrogen) atoms. The number of para-hydroxylation sites is 1.